The summed E-state index contributed by atoms with van der Waals surface area (Å²) >= 11 is 3.43. The van der Waals surface area contributed by atoms with Crippen molar-refractivity contribution in [2.24, 2.45) is 0 Å². The fourth-order valence-corrected chi connectivity index (χ4v) is 4.50. The average Bonchev–Trinajstić information content (AvgIpc) is 2.81. The summed E-state index contributed by atoms with van der Waals surface area (Å²) in [5, 5.41) is 10.2. The molecular formula is C25H22BrNO5. The molecule has 164 valence electrons. The van der Waals surface area contributed by atoms with Gasteiger partial charge in [0, 0.05) is 16.6 Å². The minimum Gasteiger partial charge on any atom is -0.493 e. The van der Waals surface area contributed by atoms with E-state index in [9.17, 15) is 14.7 Å². The molecular weight excluding hydrogens is 474 g/mol. The Morgan fingerprint density at radius 3 is 2.34 bits per heavy atom. The number of hydrogen-bond donors (Lipinski definition) is 1. The smallest absolute Gasteiger partial charge is 0.313 e. The molecule has 1 aliphatic heterocycles. The zero-order valence-electron chi connectivity index (χ0n) is 17.6. The van der Waals surface area contributed by atoms with Crippen molar-refractivity contribution in [2.45, 2.75) is 18.5 Å². The Hall–Kier alpha value is -3.32. The molecule has 1 amide bonds. The highest BCUT2D eigenvalue weighted by Crippen LogP contribution is 2.44. The molecule has 0 saturated heterocycles. The van der Waals surface area contributed by atoms with Crippen LogP contribution in [0.15, 0.2) is 71.2 Å². The van der Waals surface area contributed by atoms with Gasteiger partial charge in [-0.3, -0.25) is 9.59 Å². The molecule has 0 bridgehead atoms. The molecule has 0 aromatic heterocycles. The Morgan fingerprint density at radius 1 is 1.00 bits per heavy atom. The number of ether oxygens (including phenoxy) is 2. The van der Waals surface area contributed by atoms with Crippen molar-refractivity contribution in [3.8, 4) is 11.5 Å². The number of rotatable bonds is 6. The lowest BCUT2D eigenvalue weighted by Gasteiger charge is -2.41. The Balaban J connectivity index is 1.85. The minimum atomic E-state index is -0.977. The van der Waals surface area contributed by atoms with Gasteiger partial charge in [-0.25, -0.2) is 0 Å². The van der Waals surface area contributed by atoms with Gasteiger partial charge in [-0.1, -0.05) is 52.3 Å². The Bertz CT molecular complexity index is 1160. The summed E-state index contributed by atoms with van der Waals surface area (Å²) in [7, 11) is 3.11. The lowest BCUT2D eigenvalue weighted by atomic mass is 9.79. The van der Waals surface area contributed by atoms with Gasteiger partial charge >= 0.3 is 5.97 Å². The van der Waals surface area contributed by atoms with Crippen LogP contribution in [0.4, 0.5) is 0 Å². The summed E-state index contributed by atoms with van der Waals surface area (Å²) in [6.45, 7) is 0.220. The SMILES string of the molecule is COc1ccc(CN2C(=O)c3ccccc3C(C(=O)O)C2c2ccc(Br)cc2)cc1OC. The van der Waals surface area contributed by atoms with Crippen LogP contribution in [0.25, 0.3) is 0 Å². The van der Waals surface area contributed by atoms with E-state index in [1.54, 1.807) is 55.5 Å². The van der Waals surface area contributed by atoms with E-state index >= 15 is 0 Å². The molecule has 7 heteroatoms. The lowest BCUT2D eigenvalue weighted by molar-refractivity contribution is -0.140. The number of methoxy groups -OCH3 is 2. The molecule has 32 heavy (non-hydrogen) atoms. The number of nitrogens with zero attached hydrogens (tertiary/aromatic N) is 1. The molecule has 0 aliphatic carbocycles. The van der Waals surface area contributed by atoms with E-state index in [1.165, 1.54) is 0 Å². The molecule has 1 heterocycles. The Kier molecular flexibility index (Phi) is 6.19. The monoisotopic (exact) mass is 495 g/mol. The summed E-state index contributed by atoms with van der Waals surface area (Å²) in [6, 6.07) is 19.1. The number of fused-ring (bicyclic) bond motifs is 1. The predicted molar refractivity (Wildman–Crippen MR) is 123 cm³/mol. The number of aliphatic carboxylic acids is 1. The zero-order valence-corrected chi connectivity index (χ0v) is 19.2. The molecule has 2 atom stereocenters. The molecule has 0 saturated carbocycles. The van der Waals surface area contributed by atoms with Crippen molar-refractivity contribution in [1.29, 1.82) is 0 Å². The number of hydrogen-bond acceptors (Lipinski definition) is 4. The fraction of sp³-hybridized carbons (Fsp3) is 0.200. The molecule has 0 fully saturated rings. The van der Waals surface area contributed by atoms with Crippen molar-refractivity contribution in [2.75, 3.05) is 14.2 Å². The number of carboxylic acids is 1. The first-order valence-corrected chi connectivity index (χ1v) is 10.8. The summed E-state index contributed by atoms with van der Waals surface area (Å²) in [5.41, 5.74) is 2.50. The molecule has 2 unspecified atom stereocenters. The maximum Gasteiger partial charge on any atom is 0.313 e. The number of halogens is 1. The zero-order chi connectivity index (χ0) is 22.8. The number of carbonyl (C=O) groups excluding carboxylic acids is 1. The first-order chi connectivity index (χ1) is 15.4. The van der Waals surface area contributed by atoms with Crippen LogP contribution in [0.3, 0.4) is 0 Å². The van der Waals surface area contributed by atoms with Crippen molar-refractivity contribution >= 4 is 27.8 Å². The third-order valence-electron chi connectivity index (χ3n) is 5.72. The van der Waals surface area contributed by atoms with Crippen LogP contribution in [0, 0.1) is 0 Å². The maximum atomic E-state index is 13.6. The molecule has 3 aromatic rings. The van der Waals surface area contributed by atoms with Gasteiger partial charge in [0.25, 0.3) is 5.91 Å². The van der Waals surface area contributed by atoms with Gasteiger partial charge < -0.3 is 19.5 Å². The van der Waals surface area contributed by atoms with Crippen LogP contribution in [-0.2, 0) is 11.3 Å². The fourth-order valence-electron chi connectivity index (χ4n) is 4.24. The highest BCUT2D eigenvalue weighted by molar-refractivity contribution is 9.10. The van der Waals surface area contributed by atoms with Gasteiger partial charge in [-0.05, 0) is 47.0 Å². The number of carboxylic acid groups (broad SMARTS) is 1. The highest BCUT2D eigenvalue weighted by Gasteiger charge is 2.44. The van der Waals surface area contributed by atoms with Crippen LogP contribution in [0.2, 0.25) is 0 Å². The quantitative estimate of drug-likeness (QED) is 0.518. The van der Waals surface area contributed by atoms with Gasteiger partial charge in [0.1, 0.15) is 5.92 Å². The largest absolute Gasteiger partial charge is 0.493 e. The van der Waals surface area contributed by atoms with Crippen LogP contribution >= 0.6 is 15.9 Å². The first-order valence-electron chi connectivity index (χ1n) is 10.0. The van der Waals surface area contributed by atoms with E-state index < -0.39 is 17.9 Å². The Morgan fingerprint density at radius 2 is 1.69 bits per heavy atom. The predicted octanol–water partition coefficient (Wildman–Crippen LogP) is 5.03. The van der Waals surface area contributed by atoms with E-state index in [1.807, 2.05) is 30.3 Å². The molecule has 0 radical (unpaired) electrons. The second-order valence-corrected chi connectivity index (χ2v) is 8.44. The lowest BCUT2D eigenvalue weighted by Crippen LogP contribution is -2.44. The van der Waals surface area contributed by atoms with Crippen LogP contribution in [-0.4, -0.2) is 36.1 Å². The van der Waals surface area contributed by atoms with E-state index in [-0.39, 0.29) is 12.5 Å². The second-order valence-electron chi connectivity index (χ2n) is 7.52. The summed E-state index contributed by atoms with van der Waals surface area (Å²) in [4.78, 5) is 27.7. The molecule has 3 aromatic carbocycles. The van der Waals surface area contributed by atoms with Gasteiger partial charge in [-0.2, -0.15) is 0 Å². The van der Waals surface area contributed by atoms with Gasteiger partial charge in [-0.15, -0.1) is 0 Å². The first kappa shape index (κ1) is 21.9. The van der Waals surface area contributed by atoms with Crippen LogP contribution < -0.4 is 9.47 Å². The van der Waals surface area contributed by atoms with Crippen molar-refractivity contribution in [3.05, 3.63) is 93.5 Å². The van der Waals surface area contributed by atoms with Crippen molar-refractivity contribution < 1.29 is 24.2 Å². The normalized spacial score (nSPS) is 17.6. The number of benzene rings is 3. The van der Waals surface area contributed by atoms with E-state index in [4.69, 9.17) is 9.47 Å². The van der Waals surface area contributed by atoms with Gasteiger partial charge in [0.2, 0.25) is 0 Å². The molecule has 1 aliphatic rings. The van der Waals surface area contributed by atoms with E-state index in [0.29, 0.717) is 22.6 Å². The number of amides is 1. The van der Waals surface area contributed by atoms with Crippen molar-refractivity contribution in [3.63, 3.8) is 0 Å². The van der Waals surface area contributed by atoms with Crippen LogP contribution in [0.5, 0.6) is 11.5 Å². The summed E-state index contributed by atoms with van der Waals surface area (Å²) in [6.07, 6.45) is 0. The third-order valence-corrected chi connectivity index (χ3v) is 6.25. The maximum absolute atomic E-state index is 13.6. The minimum absolute atomic E-state index is 0.208. The highest BCUT2D eigenvalue weighted by atomic mass is 79.9. The van der Waals surface area contributed by atoms with Gasteiger partial charge in [0.05, 0.1) is 20.3 Å². The van der Waals surface area contributed by atoms with E-state index in [0.717, 1.165) is 15.6 Å². The summed E-state index contributed by atoms with van der Waals surface area (Å²) < 4.78 is 11.6. The average molecular weight is 496 g/mol. The molecule has 1 N–H and O–H groups in total. The molecule has 4 rings (SSSR count). The summed E-state index contributed by atoms with van der Waals surface area (Å²) in [5.74, 6) is -0.953. The topological polar surface area (TPSA) is 76.1 Å². The molecule has 0 spiro atoms. The number of carbonyl (C=O) groups is 2. The van der Waals surface area contributed by atoms with Gasteiger partial charge in [0.15, 0.2) is 11.5 Å². The van der Waals surface area contributed by atoms with E-state index in [2.05, 4.69) is 15.9 Å². The van der Waals surface area contributed by atoms with Crippen LogP contribution in [0.1, 0.15) is 39.0 Å². The second kappa shape index (κ2) is 9.04. The molecule has 6 nitrogen and oxygen atoms in total. The third kappa shape index (κ3) is 3.96. The Labute approximate surface area is 194 Å². The van der Waals surface area contributed by atoms with Crippen molar-refractivity contribution in [1.82, 2.24) is 4.90 Å². The standard InChI is InChI=1S/C25H22BrNO5/c1-31-20-12-7-15(13-21(20)32-2)14-27-23(16-8-10-17(26)11-9-16)22(25(29)30)18-5-3-4-6-19(18)24(27)28/h3-13,22-23H,14H2,1-2H3,(H,29,30).